The zero-order chi connectivity index (χ0) is 23.4. The molecule has 1 aliphatic rings. The summed E-state index contributed by atoms with van der Waals surface area (Å²) in [5.41, 5.74) is 1.91. The number of halogens is 2. The molecule has 5 nitrogen and oxygen atoms in total. The van der Waals surface area contributed by atoms with Crippen LogP contribution in [-0.4, -0.2) is 18.9 Å². The van der Waals surface area contributed by atoms with Gasteiger partial charge in [0.05, 0.1) is 18.2 Å². The molecule has 3 aromatic carbocycles. The topological polar surface area (TPSA) is 67.4 Å². The first-order valence-corrected chi connectivity index (χ1v) is 11.5. The summed E-state index contributed by atoms with van der Waals surface area (Å²) >= 11 is 12.0. The van der Waals surface area contributed by atoms with Gasteiger partial charge in [0, 0.05) is 27.4 Å². The number of carbonyl (C=O) groups is 2. The third-order valence-electron chi connectivity index (χ3n) is 6.08. The van der Waals surface area contributed by atoms with Gasteiger partial charge in [0.2, 0.25) is 5.91 Å². The summed E-state index contributed by atoms with van der Waals surface area (Å²) in [6.45, 7) is 0. The zero-order valence-corrected chi connectivity index (χ0v) is 19.7. The number of hydrogen-bond acceptors (Lipinski definition) is 3. The molecule has 2 amide bonds. The molecule has 3 aromatic rings. The molecule has 0 bridgehead atoms. The molecular weight excluding hydrogens is 459 g/mol. The predicted octanol–water partition coefficient (Wildman–Crippen LogP) is 6.70. The summed E-state index contributed by atoms with van der Waals surface area (Å²) < 4.78 is 5.47. The number of rotatable bonds is 6. The second-order valence-corrected chi connectivity index (χ2v) is 9.00. The van der Waals surface area contributed by atoms with Crippen molar-refractivity contribution in [2.45, 2.75) is 31.1 Å². The van der Waals surface area contributed by atoms with Crippen LogP contribution in [0, 0.1) is 0 Å². The third kappa shape index (κ3) is 5.00. The van der Waals surface area contributed by atoms with Crippen molar-refractivity contribution in [1.29, 1.82) is 0 Å². The first-order valence-electron chi connectivity index (χ1n) is 10.7. The number of amides is 2. The summed E-state index contributed by atoms with van der Waals surface area (Å²) in [5, 5.41) is 7.01. The normalized spacial score (nSPS) is 14.5. The molecule has 0 aliphatic heterocycles. The molecule has 0 aromatic heterocycles. The molecule has 7 heteroatoms. The van der Waals surface area contributed by atoms with Crippen LogP contribution in [0.3, 0.4) is 0 Å². The molecule has 1 saturated carbocycles. The van der Waals surface area contributed by atoms with Gasteiger partial charge in [0.25, 0.3) is 5.91 Å². The van der Waals surface area contributed by atoms with Gasteiger partial charge in [0.1, 0.15) is 5.75 Å². The Balaban J connectivity index is 1.54. The van der Waals surface area contributed by atoms with Crippen molar-refractivity contribution in [3.8, 4) is 5.75 Å². The quantitative estimate of drug-likeness (QED) is 0.410. The van der Waals surface area contributed by atoms with Crippen LogP contribution in [0.1, 0.15) is 41.6 Å². The number of methoxy groups -OCH3 is 1. The highest BCUT2D eigenvalue weighted by Crippen LogP contribution is 2.42. The van der Waals surface area contributed by atoms with Gasteiger partial charge in [-0.05, 0) is 60.9 Å². The lowest BCUT2D eigenvalue weighted by molar-refractivity contribution is -0.121. The molecule has 0 spiro atoms. The molecular formula is C26H24Cl2N2O3. The molecule has 0 radical (unpaired) electrons. The standard InChI is InChI=1S/C26H24Cl2N2O3/c1-33-23-16-21(11-12-22(23)30-24(31)17-5-4-6-20(28)15-17)29-25(32)26(13-2-3-14-26)18-7-9-19(27)10-8-18/h4-12,15-16H,2-3,13-14H2,1H3,(H,29,32)(H,30,31). The maximum atomic E-state index is 13.4. The van der Waals surface area contributed by atoms with E-state index in [4.69, 9.17) is 27.9 Å². The summed E-state index contributed by atoms with van der Waals surface area (Å²) in [5.74, 6) is 0.0791. The van der Waals surface area contributed by atoms with Crippen LogP contribution >= 0.6 is 23.2 Å². The van der Waals surface area contributed by atoms with Crippen molar-refractivity contribution in [3.63, 3.8) is 0 Å². The second kappa shape index (κ2) is 9.86. The highest BCUT2D eigenvalue weighted by atomic mass is 35.5. The van der Waals surface area contributed by atoms with Crippen LogP contribution in [0.4, 0.5) is 11.4 Å². The minimum Gasteiger partial charge on any atom is -0.494 e. The van der Waals surface area contributed by atoms with E-state index in [2.05, 4.69) is 10.6 Å². The molecule has 170 valence electrons. The van der Waals surface area contributed by atoms with Gasteiger partial charge in [-0.3, -0.25) is 9.59 Å². The zero-order valence-electron chi connectivity index (χ0n) is 18.2. The number of hydrogen-bond donors (Lipinski definition) is 2. The number of nitrogens with one attached hydrogen (secondary N) is 2. The predicted molar refractivity (Wildman–Crippen MR) is 133 cm³/mol. The molecule has 0 heterocycles. The van der Waals surface area contributed by atoms with Crippen LogP contribution in [-0.2, 0) is 10.2 Å². The van der Waals surface area contributed by atoms with E-state index in [0.29, 0.717) is 32.7 Å². The monoisotopic (exact) mass is 482 g/mol. The molecule has 1 fully saturated rings. The Labute approximate surface area is 203 Å². The number of anilines is 2. The van der Waals surface area contributed by atoms with Gasteiger partial charge < -0.3 is 15.4 Å². The van der Waals surface area contributed by atoms with E-state index < -0.39 is 5.41 Å². The van der Waals surface area contributed by atoms with Gasteiger partial charge in [-0.15, -0.1) is 0 Å². The Bertz CT molecular complexity index is 1170. The molecule has 4 rings (SSSR count). The van der Waals surface area contributed by atoms with Crippen LogP contribution in [0.25, 0.3) is 0 Å². The Kier molecular flexibility index (Phi) is 6.91. The Morgan fingerprint density at radius 1 is 0.879 bits per heavy atom. The fourth-order valence-electron chi connectivity index (χ4n) is 4.34. The molecule has 0 unspecified atom stereocenters. The second-order valence-electron chi connectivity index (χ2n) is 8.13. The van der Waals surface area contributed by atoms with Crippen LogP contribution in [0.2, 0.25) is 10.0 Å². The fraction of sp³-hybridized carbons (Fsp3) is 0.231. The number of carbonyl (C=O) groups excluding carboxylic acids is 2. The first kappa shape index (κ1) is 23.1. The molecule has 33 heavy (non-hydrogen) atoms. The van der Waals surface area contributed by atoms with Crippen LogP contribution in [0.5, 0.6) is 5.75 Å². The average molecular weight is 483 g/mol. The Hall–Kier alpha value is -3.02. The largest absolute Gasteiger partial charge is 0.494 e. The number of benzene rings is 3. The van der Waals surface area contributed by atoms with Gasteiger partial charge in [-0.25, -0.2) is 0 Å². The van der Waals surface area contributed by atoms with Crippen molar-refractivity contribution in [2.75, 3.05) is 17.7 Å². The maximum Gasteiger partial charge on any atom is 0.255 e. The van der Waals surface area contributed by atoms with E-state index in [1.807, 2.05) is 24.3 Å². The van der Waals surface area contributed by atoms with Gasteiger partial charge >= 0.3 is 0 Å². The SMILES string of the molecule is COc1cc(NC(=O)C2(c3ccc(Cl)cc3)CCCC2)ccc1NC(=O)c1cccc(Cl)c1. The molecule has 0 atom stereocenters. The van der Waals surface area contributed by atoms with Crippen molar-refractivity contribution >= 4 is 46.4 Å². The van der Waals surface area contributed by atoms with E-state index in [1.165, 1.54) is 7.11 Å². The maximum absolute atomic E-state index is 13.4. The van der Waals surface area contributed by atoms with E-state index in [1.54, 1.807) is 42.5 Å². The minimum atomic E-state index is -0.586. The first-order chi connectivity index (χ1) is 15.9. The lowest BCUT2D eigenvalue weighted by Crippen LogP contribution is -2.38. The van der Waals surface area contributed by atoms with Crippen molar-refractivity contribution in [3.05, 3.63) is 87.9 Å². The van der Waals surface area contributed by atoms with E-state index in [0.717, 1.165) is 31.2 Å². The van der Waals surface area contributed by atoms with Crippen molar-refractivity contribution in [2.24, 2.45) is 0 Å². The van der Waals surface area contributed by atoms with Crippen LogP contribution in [0.15, 0.2) is 66.7 Å². The van der Waals surface area contributed by atoms with Gasteiger partial charge in [-0.2, -0.15) is 0 Å². The van der Waals surface area contributed by atoms with E-state index >= 15 is 0 Å². The molecule has 0 saturated heterocycles. The van der Waals surface area contributed by atoms with E-state index in [9.17, 15) is 9.59 Å². The smallest absolute Gasteiger partial charge is 0.255 e. The lowest BCUT2D eigenvalue weighted by atomic mass is 9.78. The Morgan fingerprint density at radius 3 is 2.27 bits per heavy atom. The van der Waals surface area contributed by atoms with Crippen molar-refractivity contribution in [1.82, 2.24) is 0 Å². The minimum absolute atomic E-state index is 0.0555. The van der Waals surface area contributed by atoms with Gasteiger partial charge in [-0.1, -0.05) is 54.2 Å². The molecule has 1 aliphatic carbocycles. The van der Waals surface area contributed by atoms with Crippen molar-refractivity contribution < 1.29 is 14.3 Å². The highest BCUT2D eigenvalue weighted by Gasteiger charge is 2.42. The summed E-state index contributed by atoms with van der Waals surface area (Å²) in [7, 11) is 1.52. The molecule has 2 N–H and O–H groups in total. The fourth-order valence-corrected chi connectivity index (χ4v) is 4.66. The third-order valence-corrected chi connectivity index (χ3v) is 6.57. The van der Waals surface area contributed by atoms with Gasteiger partial charge in [0.15, 0.2) is 0 Å². The van der Waals surface area contributed by atoms with E-state index in [-0.39, 0.29) is 11.8 Å². The summed E-state index contributed by atoms with van der Waals surface area (Å²) in [4.78, 5) is 26.0. The summed E-state index contributed by atoms with van der Waals surface area (Å²) in [6.07, 6.45) is 3.55. The number of ether oxygens (including phenoxy) is 1. The average Bonchev–Trinajstić information content (AvgIpc) is 3.32. The summed E-state index contributed by atoms with van der Waals surface area (Å²) in [6, 6.07) is 19.4. The Morgan fingerprint density at radius 2 is 1.61 bits per heavy atom. The highest BCUT2D eigenvalue weighted by molar-refractivity contribution is 6.31. The van der Waals surface area contributed by atoms with Crippen LogP contribution < -0.4 is 15.4 Å². The lowest BCUT2D eigenvalue weighted by Gasteiger charge is -2.28.